The van der Waals surface area contributed by atoms with Crippen LogP contribution in [0.25, 0.3) is 0 Å². The zero-order chi connectivity index (χ0) is 14.5. The van der Waals surface area contributed by atoms with Crippen LogP contribution in [0.1, 0.15) is 23.8 Å². The molecule has 1 N–H and O–H groups in total. The van der Waals surface area contributed by atoms with E-state index in [0.29, 0.717) is 10.9 Å². The summed E-state index contributed by atoms with van der Waals surface area (Å²) in [4.78, 5) is 4.35. The SMILES string of the molecule is Cn1c(C(O)c2ccc(Cl)cc2)cnc1SCCCCl. The average Bonchev–Trinajstić information content (AvgIpc) is 2.81. The van der Waals surface area contributed by atoms with Gasteiger partial charge in [0.1, 0.15) is 6.10 Å². The van der Waals surface area contributed by atoms with Gasteiger partial charge >= 0.3 is 0 Å². The smallest absolute Gasteiger partial charge is 0.167 e. The van der Waals surface area contributed by atoms with Crippen molar-refractivity contribution >= 4 is 35.0 Å². The summed E-state index contributed by atoms with van der Waals surface area (Å²) < 4.78 is 1.91. The topological polar surface area (TPSA) is 38.0 Å². The van der Waals surface area contributed by atoms with Gasteiger partial charge in [-0.25, -0.2) is 4.98 Å². The third-order valence-electron chi connectivity index (χ3n) is 2.96. The Kier molecular flexibility index (Phi) is 5.78. The predicted octanol–water partition coefficient (Wildman–Crippen LogP) is 3.88. The van der Waals surface area contributed by atoms with Gasteiger partial charge < -0.3 is 9.67 Å². The van der Waals surface area contributed by atoms with E-state index in [2.05, 4.69) is 4.98 Å². The van der Waals surface area contributed by atoms with E-state index in [1.54, 1.807) is 30.1 Å². The summed E-state index contributed by atoms with van der Waals surface area (Å²) in [5, 5.41) is 12.0. The lowest BCUT2D eigenvalue weighted by Crippen LogP contribution is -2.06. The molecule has 1 heterocycles. The van der Waals surface area contributed by atoms with E-state index in [1.807, 2.05) is 23.7 Å². The second-order valence-corrected chi connectivity index (χ2v) is 6.25. The number of hydrogen-bond acceptors (Lipinski definition) is 3. The number of hydrogen-bond donors (Lipinski definition) is 1. The minimum absolute atomic E-state index is 0.650. The third kappa shape index (κ3) is 3.70. The summed E-state index contributed by atoms with van der Waals surface area (Å²) in [5.41, 5.74) is 1.57. The van der Waals surface area contributed by atoms with Gasteiger partial charge in [-0.3, -0.25) is 0 Å². The van der Waals surface area contributed by atoms with Crippen LogP contribution in [0.15, 0.2) is 35.6 Å². The molecule has 2 rings (SSSR count). The molecular weight excluding hydrogens is 315 g/mol. The molecule has 1 aromatic carbocycles. The first kappa shape index (κ1) is 15.7. The molecule has 0 saturated carbocycles. The number of rotatable bonds is 6. The Morgan fingerprint density at radius 2 is 2.05 bits per heavy atom. The highest BCUT2D eigenvalue weighted by molar-refractivity contribution is 7.99. The van der Waals surface area contributed by atoms with Crippen LogP contribution in [-0.4, -0.2) is 26.3 Å². The summed E-state index contributed by atoms with van der Waals surface area (Å²) in [6.07, 6.45) is 1.95. The van der Waals surface area contributed by atoms with Crippen LogP contribution in [-0.2, 0) is 7.05 Å². The number of imidazole rings is 1. The molecule has 0 aliphatic carbocycles. The zero-order valence-corrected chi connectivity index (χ0v) is 13.4. The molecule has 20 heavy (non-hydrogen) atoms. The van der Waals surface area contributed by atoms with E-state index in [1.165, 1.54) is 0 Å². The molecule has 1 unspecified atom stereocenters. The monoisotopic (exact) mass is 330 g/mol. The third-order valence-corrected chi connectivity index (χ3v) is 4.61. The highest BCUT2D eigenvalue weighted by atomic mass is 35.5. The van der Waals surface area contributed by atoms with E-state index in [-0.39, 0.29) is 0 Å². The number of benzene rings is 1. The Hall–Kier alpha value is -0.680. The van der Waals surface area contributed by atoms with Crippen LogP contribution in [0, 0.1) is 0 Å². The highest BCUT2D eigenvalue weighted by Crippen LogP contribution is 2.26. The summed E-state index contributed by atoms with van der Waals surface area (Å²) in [5.74, 6) is 1.57. The van der Waals surface area contributed by atoms with Crippen LogP contribution in [0.3, 0.4) is 0 Å². The van der Waals surface area contributed by atoms with Crippen LogP contribution >= 0.6 is 35.0 Å². The van der Waals surface area contributed by atoms with E-state index >= 15 is 0 Å². The Morgan fingerprint density at radius 1 is 1.35 bits per heavy atom. The molecular formula is C14H16Cl2N2OS. The van der Waals surface area contributed by atoms with Crippen molar-refractivity contribution in [2.45, 2.75) is 17.7 Å². The van der Waals surface area contributed by atoms with E-state index < -0.39 is 6.10 Å². The molecule has 0 aliphatic heterocycles. The summed E-state index contributed by atoms with van der Waals surface area (Å²) >= 11 is 13.2. The van der Waals surface area contributed by atoms with Gasteiger partial charge in [0.2, 0.25) is 0 Å². The van der Waals surface area contributed by atoms with Crippen molar-refractivity contribution in [1.29, 1.82) is 0 Å². The number of aliphatic hydroxyl groups excluding tert-OH is 1. The second kappa shape index (κ2) is 7.36. The molecule has 108 valence electrons. The number of halogens is 2. The maximum absolute atomic E-state index is 10.4. The van der Waals surface area contributed by atoms with Crippen molar-refractivity contribution in [3.8, 4) is 0 Å². The number of thioether (sulfide) groups is 1. The van der Waals surface area contributed by atoms with Gasteiger partial charge in [-0.2, -0.15) is 0 Å². The second-order valence-electron chi connectivity index (χ2n) is 4.37. The predicted molar refractivity (Wildman–Crippen MR) is 84.8 cm³/mol. The van der Waals surface area contributed by atoms with E-state index in [0.717, 1.165) is 28.6 Å². The molecule has 0 bridgehead atoms. The van der Waals surface area contributed by atoms with Gasteiger partial charge in [-0.15, -0.1) is 11.6 Å². The van der Waals surface area contributed by atoms with E-state index in [9.17, 15) is 5.11 Å². The van der Waals surface area contributed by atoms with Gasteiger partial charge in [0.05, 0.1) is 11.9 Å². The first-order chi connectivity index (χ1) is 9.63. The molecule has 0 saturated heterocycles. The van der Waals surface area contributed by atoms with Gasteiger partial charge in [-0.05, 0) is 24.1 Å². The number of aliphatic hydroxyl groups is 1. The van der Waals surface area contributed by atoms with Crippen LogP contribution in [0.2, 0.25) is 5.02 Å². The average molecular weight is 331 g/mol. The standard InChI is InChI=1S/C14H16Cl2N2OS/c1-18-12(9-17-14(18)20-8-2-7-15)13(19)10-3-5-11(16)6-4-10/h3-6,9,13,19H,2,7-8H2,1H3. The minimum atomic E-state index is -0.702. The van der Waals surface area contributed by atoms with Crippen molar-refractivity contribution in [1.82, 2.24) is 9.55 Å². The Labute approximate surface area is 132 Å². The molecule has 2 aromatic rings. The summed E-state index contributed by atoms with van der Waals surface area (Å²) in [6.45, 7) is 0. The van der Waals surface area contributed by atoms with Gasteiger partial charge in [-0.1, -0.05) is 35.5 Å². The molecule has 1 atom stereocenters. The van der Waals surface area contributed by atoms with Crippen molar-refractivity contribution in [2.24, 2.45) is 7.05 Å². The largest absolute Gasteiger partial charge is 0.382 e. The lowest BCUT2D eigenvalue weighted by atomic mass is 10.1. The molecule has 1 aromatic heterocycles. The maximum atomic E-state index is 10.4. The first-order valence-electron chi connectivity index (χ1n) is 6.27. The van der Waals surface area contributed by atoms with Crippen molar-refractivity contribution in [3.05, 3.63) is 46.7 Å². The van der Waals surface area contributed by atoms with Gasteiger partial charge in [0.25, 0.3) is 0 Å². The molecule has 0 radical (unpaired) electrons. The fraction of sp³-hybridized carbons (Fsp3) is 0.357. The van der Waals surface area contributed by atoms with Gasteiger partial charge in [0.15, 0.2) is 5.16 Å². The lowest BCUT2D eigenvalue weighted by Gasteiger charge is -2.12. The molecule has 6 heteroatoms. The molecule has 0 amide bonds. The molecule has 0 spiro atoms. The number of nitrogens with zero attached hydrogens (tertiary/aromatic N) is 2. The van der Waals surface area contributed by atoms with Crippen LogP contribution in [0.5, 0.6) is 0 Å². The normalized spacial score (nSPS) is 12.6. The highest BCUT2D eigenvalue weighted by Gasteiger charge is 2.16. The summed E-state index contributed by atoms with van der Waals surface area (Å²) in [6, 6.07) is 7.18. The molecule has 0 aliphatic rings. The van der Waals surface area contributed by atoms with E-state index in [4.69, 9.17) is 23.2 Å². The Bertz CT molecular complexity index is 557. The van der Waals surface area contributed by atoms with Crippen molar-refractivity contribution in [3.63, 3.8) is 0 Å². The maximum Gasteiger partial charge on any atom is 0.167 e. The Balaban J connectivity index is 2.14. The number of alkyl halides is 1. The van der Waals surface area contributed by atoms with Gasteiger partial charge in [0, 0.05) is 23.7 Å². The Morgan fingerprint density at radius 3 is 2.70 bits per heavy atom. The van der Waals surface area contributed by atoms with Crippen molar-refractivity contribution in [2.75, 3.05) is 11.6 Å². The fourth-order valence-corrected chi connectivity index (χ4v) is 3.14. The fourth-order valence-electron chi connectivity index (χ4n) is 1.83. The summed E-state index contributed by atoms with van der Waals surface area (Å²) in [7, 11) is 1.91. The number of aromatic nitrogens is 2. The van der Waals surface area contributed by atoms with Crippen molar-refractivity contribution < 1.29 is 5.11 Å². The molecule has 3 nitrogen and oxygen atoms in total. The first-order valence-corrected chi connectivity index (χ1v) is 8.17. The minimum Gasteiger partial charge on any atom is -0.382 e. The van der Waals surface area contributed by atoms with Crippen LogP contribution < -0.4 is 0 Å². The quantitative estimate of drug-likeness (QED) is 0.496. The zero-order valence-electron chi connectivity index (χ0n) is 11.1. The molecule has 0 fully saturated rings. The van der Waals surface area contributed by atoms with Crippen LogP contribution in [0.4, 0.5) is 0 Å². The lowest BCUT2D eigenvalue weighted by molar-refractivity contribution is 0.210.